The van der Waals surface area contributed by atoms with Gasteiger partial charge in [0.25, 0.3) is 5.89 Å². The van der Waals surface area contributed by atoms with Gasteiger partial charge in [-0.05, 0) is 49.1 Å². The van der Waals surface area contributed by atoms with Gasteiger partial charge in [-0.15, -0.1) is 0 Å². The highest BCUT2D eigenvalue weighted by molar-refractivity contribution is 5.79. The number of benzene rings is 1. The van der Waals surface area contributed by atoms with Gasteiger partial charge in [0, 0.05) is 25.6 Å². The van der Waals surface area contributed by atoms with Crippen molar-refractivity contribution in [3.05, 3.63) is 53.9 Å². The van der Waals surface area contributed by atoms with Gasteiger partial charge in [-0.2, -0.15) is 10.2 Å². The van der Waals surface area contributed by atoms with E-state index in [2.05, 4.69) is 16.4 Å². The summed E-state index contributed by atoms with van der Waals surface area (Å²) in [7, 11) is 1.64. The Morgan fingerprint density at radius 3 is 2.71 bits per heavy atom. The molecule has 0 saturated carbocycles. The molecule has 1 fully saturated rings. The minimum Gasteiger partial charge on any atom is -0.497 e. The summed E-state index contributed by atoms with van der Waals surface area (Å²) in [5.41, 5.74) is 1.38. The van der Waals surface area contributed by atoms with Gasteiger partial charge in [0.05, 0.1) is 13.4 Å². The first-order valence-corrected chi connectivity index (χ1v) is 10.3. The number of furan rings is 1. The minimum absolute atomic E-state index is 0.0508. The zero-order valence-corrected chi connectivity index (χ0v) is 17.3. The first-order valence-electron chi connectivity index (χ1n) is 10.3. The molecule has 8 nitrogen and oxygen atoms in total. The maximum atomic E-state index is 12.6. The quantitative estimate of drug-likeness (QED) is 0.625. The molecule has 0 atom stereocenters. The number of anilines is 1. The lowest BCUT2D eigenvalue weighted by atomic mass is 9.96. The predicted molar refractivity (Wildman–Crippen MR) is 114 cm³/mol. The molecule has 0 unspecified atom stereocenters. The summed E-state index contributed by atoms with van der Waals surface area (Å²) in [5, 5.41) is 12.5. The molecule has 160 valence electrons. The third-order valence-corrected chi connectivity index (χ3v) is 5.47. The maximum Gasteiger partial charge on any atom is 0.266 e. The van der Waals surface area contributed by atoms with E-state index >= 15 is 0 Å². The number of rotatable bonds is 7. The largest absolute Gasteiger partial charge is 0.497 e. The molecule has 31 heavy (non-hydrogen) atoms. The third-order valence-electron chi connectivity index (χ3n) is 5.47. The smallest absolute Gasteiger partial charge is 0.266 e. The van der Waals surface area contributed by atoms with E-state index in [9.17, 15) is 10.1 Å². The van der Waals surface area contributed by atoms with Crippen LogP contribution in [0.2, 0.25) is 0 Å². The molecule has 3 heterocycles. The van der Waals surface area contributed by atoms with E-state index in [-0.39, 0.29) is 23.4 Å². The van der Waals surface area contributed by atoms with Gasteiger partial charge in [-0.3, -0.25) is 4.79 Å². The van der Waals surface area contributed by atoms with E-state index in [1.54, 1.807) is 19.2 Å². The van der Waals surface area contributed by atoms with Gasteiger partial charge in [-0.25, -0.2) is 0 Å². The first kappa shape index (κ1) is 20.5. The van der Waals surface area contributed by atoms with Crippen molar-refractivity contribution >= 4 is 11.8 Å². The normalized spacial score (nSPS) is 14.3. The van der Waals surface area contributed by atoms with Crippen molar-refractivity contribution in [2.45, 2.75) is 19.3 Å². The summed E-state index contributed by atoms with van der Waals surface area (Å²) < 4.78 is 16.3. The lowest BCUT2D eigenvalue weighted by Gasteiger charge is -2.31. The van der Waals surface area contributed by atoms with Crippen LogP contribution in [-0.4, -0.2) is 37.6 Å². The van der Waals surface area contributed by atoms with Gasteiger partial charge < -0.3 is 23.8 Å². The van der Waals surface area contributed by atoms with Gasteiger partial charge in [0.2, 0.25) is 17.5 Å². The fourth-order valence-corrected chi connectivity index (χ4v) is 3.72. The van der Waals surface area contributed by atoms with Crippen molar-refractivity contribution < 1.29 is 18.4 Å². The summed E-state index contributed by atoms with van der Waals surface area (Å²) in [6, 6.07) is 13.4. The van der Waals surface area contributed by atoms with Crippen LogP contribution in [0.5, 0.6) is 5.75 Å². The molecular weight excluding hydrogens is 396 g/mol. The van der Waals surface area contributed by atoms with Crippen molar-refractivity contribution in [3.63, 3.8) is 0 Å². The zero-order valence-electron chi connectivity index (χ0n) is 17.3. The van der Waals surface area contributed by atoms with E-state index in [1.165, 1.54) is 6.26 Å². The first-order chi connectivity index (χ1) is 15.2. The fourth-order valence-electron chi connectivity index (χ4n) is 3.72. The van der Waals surface area contributed by atoms with Crippen molar-refractivity contribution in [3.8, 4) is 23.5 Å². The standard InChI is InChI=1S/C23H24N4O4/c1-29-18-6-4-16(5-7-18)8-11-25-21(28)17-9-12-27(13-10-17)23-19(15-24)26-22(31-23)20-3-2-14-30-20/h2-7,14,17H,8-13H2,1H3,(H,25,28). The highest BCUT2D eigenvalue weighted by atomic mass is 16.5. The Balaban J connectivity index is 1.28. The molecule has 8 heteroatoms. The van der Waals surface area contributed by atoms with Crippen LogP contribution < -0.4 is 15.0 Å². The SMILES string of the molecule is COc1ccc(CCNC(=O)C2CCN(c3oc(-c4ccco4)nc3C#N)CC2)cc1. The molecule has 1 saturated heterocycles. The van der Waals surface area contributed by atoms with Crippen LogP contribution in [0.1, 0.15) is 24.1 Å². The molecule has 1 aliphatic rings. The molecule has 1 aromatic carbocycles. The van der Waals surface area contributed by atoms with Crippen molar-refractivity contribution in [2.24, 2.45) is 5.92 Å². The average molecular weight is 420 g/mol. The number of piperidine rings is 1. The lowest BCUT2D eigenvalue weighted by molar-refractivity contribution is -0.125. The number of ether oxygens (including phenoxy) is 1. The second-order valence-electron chi connectivity index (χ2n) is 7.41. The highest BCUT2D eigenvalue weighted by Crippen LogP contribution is 2.31. The molecule has 1 aliphatic heterocycles. The molecule has 2 aromatic heterocycles. The number of nitrogens with zero attached hydrogens (tertiary/aromatic N) is 3. The second kappa shape index (κ2) is 9.39. The number of amides is 1. The third kappa shape index (κ3) is 4.72. The molecule has 0 aliphatic carbocycles. The summed E-state index contributed by atoms with van der Waals surface area (Å²) in [6.07, 6.45) is 3.68. The van der Waals surface area contributed by atoms with Crippen LogP contribution >= 0.6 is 0 Å². The van der Waals surface area contributed by atoms with E-state index < -0.39 is 0 Å². The number of nitrogens with one attached hydrogen (secondary N) is 1. The maximum absolute atomic E-state index is 12.6. The predicted octanol–water partition coefficient (Wildman–Crippen LogP) is 3.39. The Labute approximate surface area is 180 Å². The summed E-state index contributed by atoms with van der Waals surface area (Å²) in [5.74, 6) is 2.05. The lowest BCUT2D eigenvalue weighted by Crippen LogP contribution is -2.41. The monoisotopic (exact) mass is 420 g/mol. The number of oxazole rings is 1. The van der Waals surface area contributed by atoms with Crippen molar-refractivity contribution in [2.75, 3.05) is 31.6 Å². The second-order valence-corrected chi connectivity index (χ2v) is 7.41. The topological polar surface area (TPSA) is 105 Å². The number of hydrogen-bond acceptors (Lipinski definition) is 7. The highest BCUT2D eigenvalue weighted by Gasteiger charge is 2.29. The molecule has 4 rings (SSSR count). The van der Waals surface area contributed by atoms with Crippen molar-refractivity contribution in [1.29, 1.82) is 5.26 Å². The number of carbonyl (C=O) groups is 1. The molecule has 1 amide bonds. The van der Waals surface area contributed by atoms with Gasteiger partial charge in [-0.1, -0.05) is 12.1 Å². The molecule has 0 spiro atoms. The Hall–Kier alpha value is -3.73. The van der Waals surface area contributed by atoms with Crippen LogP contribution in [0.15, 0.2) is 51.5 Å². The van der Waals surface area contributed by atoms with Crippen LogP contribution in [0.4, 0.5) is 5.88 Å². The van der Waals surface area contributed by atoms with Gasteiger partial charge in [0.1, 0.15) is 11.8 Å². The van der Waals surface area contributed by atoms with E-state index in [4.69, 9.17) is 13.6 Å². The van der Waals surface area contributed by atoms with Crippen molar-refractivity contribution in [1.82, 2.24) is 10.3 Å². The number of carbonyl (C=O) groups excluding carboxylic acids is 1. The Morgan fingerprint density at radius 2 is 2.06 bits per heavy atom. The molecule has 1 N–H and O–H groups in total. The number of aromatic nitrogens is 1. The van der Waals surface area contributed by atoms with E-state index in [1.807, 2.05) is 29.2 Å². The van der Waals surface area contributed by atoms with Crippen LogP contribution in [-0.2, 0) is 11.2 Å². The van der Waals surface area contributed by atoms with E-state index in [0.29, 0.717) is 44.1 Å². The Bertz CT molecular complexity index is 1040. The van der Waals surface area contributed by atoms with E-state index in [0.717, 1.165) is 17.7 Å². The van der Waals surface area contributed by atoms with Crippen LogP contribution in [0.25, 0.3) is 11.7 Å². The Morgan fingerprint density at radius 1 is 1.29 bits per heavy atom. The van der Waals surface area contributed by atoms with Crippen LogP contribution in [0, 0.1) is 17.2 Å². The minimum atomic E-state index is -0.0508. The average Bonchev–Trinajstić information content (AvgIpc) is 3.49. The number of hydrogen-bond donors (Lipinski definition) is 1. The number of methoxy groups -OCH3 is 1. The number of nitriles is 1. The molecule has 3 aromatic rings. The summed E-state index contributed by atoms with van der Waals surface area (Å²) in [6.45, 7) is 1.84. The molecule has 0 bridgehead atoms. The summed E-state index contributed by atoms with van der Waals surface area (Å²) in [4.78, 5) is 18.8. The fraction of sp³-hybridized carbons (Fsp3) is 0.348. The molecular formula is C23H24N4O4. The summed E-state index contributed by atoms with van der Waals surface area (Å²) >= 11 is 0. The van der Waals surface area contributed by atoms with Crippen LogP contribution in [0.3, 0.4) is 0 Å². The molecule has 0 radical (unpaired) electrons. The Kier molecular flexibility index (Phi) is 6.22. The van der Waals surface area contributed by atoms with Gasteiger partial charge >= 0.3 is 0 Å². The zero-order chi connectivity index (χ0) is 21.6. The van der Waals surface area contributed by atoms with Gasteiger partial charge in [0.15, 0.2) is 5.76 Å².